The Hall–Kier alpha value is -2.85. The van der Waals surface area contributed by atoms with Crippen LogP contribution in [0.5, 0.6) is 0 Å². The van der Waals surface area contributed by atoms with Crippen LogP contribution in [0.1, 0.15) is 10.5 Å². The van der Waals surface area contributed by atoms with Crippen molar-refractivity contribution in [3.05, 3.63) is 48.3 Å². The molecular formula is C19H20F2N4O4. The lowest BCUT2D eigenvalue weighted by molar-refractivity contribution is -0.293. The number of alkyl halides is 2. The number of amides is 2. The quantitative estimate of drug-likeness (QED) is 0.751. The molecule has 4 rings (SSSR count). The molecular weight excluding hydrogens is 386 g/mol. The molecule has 3 heterocycles. The fourth-order valence-electron chi connectivity index (χ4n) is 3.66. The second kappa shape index (κ2) is 7.20. The van der Waals surface area contributed by atoms with Crippen LogP contribution in [-0.4, -0.2) is 71.1 Å². The summed E-state index contributed by atoms with van der Waals surface area (Å²) in [5.41, 5.74) is -0.924. The lowest BCUT2D eigenvalue weighted by atomic mass is 10.00. The second-order valence-electron chi connectivity index (χ2n) is 7.15. The van der Waals surface area contributed by atoms with Crippen LogP contribution in [0.3, 0.4) is 0 Å². The van der Waals surface area contributed by atoms with Crippen molar-refractivity contribution < 1.29 is 27.8 Å². The molecule has 0 radical (unpaired) electrons. The zero-order chi connectivity index (χ0) is 20.6. The molecule has 154 valence electrons. The van der Waals surface area contributed by atoms with Gasteiger partial charge in [0.05, 0.1) is 26.3 Å². The normalized spacial score (nSPS) is 24.6. The summed E-state index contributed by atoms with van der Waals surface area (Å²) >= 11 is 0. The van der Waals surface area contributed by atoms with E-state index in [1.165, 1.54) is 15.8 Å². The average molecular weight is 406 g/mol. The second-order valence-corrected chi connectivity index (χ2v) is 7.15. The van der Waals surface area contributed by atoms with Gasteiger partial charge in [0.1, 0.15) is 11.3 Å². The van der Waals surface area contributed by atoms with Gasteiger partial charge in [-0.15, -0.1) is 0 Å². The van der Waals surface area contributed by atoms with E-state index >= 15 is 0 Å². The standard InChI is InChI=1S/C19H20F2N4O4/c1-23-15(7-8-22-23)16(26)24-9-10-28-13-18(11-24)12-25(14-5-3-2-4-6-14)17(27)19(20,21)29-18/h2-8H,9-13H2,1H3. The SMILES string of the molecule is Cn1nccc1C(=O)N1CCOCC2(C1)CN(c1ccccc1)C(=O)C(F)(F)O2. The third-order valence-electron chi connectivity index (χ3n) is 5.03. The van der Waals surface area contributed by atoms with Crippen LogP contribution in [0.25, 0.3) is 0 Å². The molecule has 1 aromatic carbocycles. The maximum Gasteiger partial charge on any atom is 0.437 e. The van der Waals surface area contributed by atoms with E-state index in [4.69, 9.17) is 9.47 Å². The molecule has 8 nitrogen and oxygen atoms in total. The van der Waals surface area contributed by atoms with Crippen molar-refractivity contribution in [3.63, 3.8) is 0 Å². The molecule has 1 atom stereocenters. The summed E-state index contributed by atoms with van der Waals surface area (Å²) in [6.07, 6.45) is -2.55. The Morgan fingerprint density at radius 1 is 1.17 bits per heavy atom. The lowest BCUT2D eigenvalue weighted by Crippen LogP contribution is -2.66. The number of aryl methyl sites for hydroxylation is 1. The Labute approximate surface area is 165 Å². The number of benzene rings is 1. The van der Waals surface area contributed by atoms with Gasteiger partial charge in [-0.25, -0.2) is 0 Å². The van der Waals surface area contributed by atoms with Gasteiger partial charge in [-0.05, 0) is 18.2 Å². The average Bonchev–Trinajstić information content (AvgIpc) is 3.02. The molecule has 2 amide bonds. The van der Waals surface area contributed by atoms with E-state index in [2.05, 4.69) is 5.10 Å². The largest absolute Gasteiger partial charge is 0.437 e. The van der Waals surface area contributed by atoms with Gasteiger partial charge in [-0.3, -0.25) is 19.0 Å². The third kappa shape index (κ3) is 3.60. The van der Waals surface area contributed by atoms with E-state index in [1.807, 2.05) is 0 Å². The number of para-hydroxylation sites is 1. The fraction of sp³-hybridized carbons (Fsp3) is 0.421. The first-order chi connectivity index (χ1) is 13.8. The molecule has 1 unspecified atom stereocenters. The van der Waals surface area contributed by atoms with E-state index in [0.717, 1.165) is 4.90 Å². The van der Waals surface area contributed by atoms with Crippen LogP contribution in [0, 0.1) is 0 Å². The highest BCUT2D eigenvalue weighted by atomic mass is 19.3. The number of aromatic nitrogens is 2. The summed E-state index contributed by atoms with van der Waals surface area (Å²) in [5, 5.41) is 3.98. The van der Waals surface area contributed by atoms with Gasteiger partial charge in [-0.2, -0.15) is 13.9 Å². The Bertz CT molecular complexity index is 920. The fourth-order valence-corrected chi connectivity index (χ4v) is 3.66. The number of halogens is 2. The third-order valence-corrected chi connectivity index (χ3v) is 5.03. The Morgan fingerprint density at radius 2 is 1.93 bits per heavy atom. The zero-order valence-electron chi connectivity index (χ0n) is 15.8. The molecule has 1 spiro atoms. The van der Waals surface area contributed by atoms with Gasteiger partial charge in [0, 0.05) is 25.5 Å². The number of anilines is 1. The minimum Gasteiger partial charge on any atom is -0.376 e. The topological polar surface area (TPSA) is 76.9 Å². The Balaban J connectivity index is 1.66. The smallest absolute Gasteiger partial charge is 0.376 e. The van der Waals surface area contributed by atoms with Gasteiger partial charge in [0.15, 0.2) is 0 Å². The number of rotatable bonds is 2. The van der Waals surface area contributed by atoms with Crippen molar-refractivity contribution in [3.8, 4) is 0 Å². The monoisotopic (exact) mass is 406 g/mol. The molecule has 0 aliphatic carbocycles. The van der Waals surface area contributed by atoms with Crippen LogP contribution in [-0.2, 0) is 21.3 Å². The van der Waals surface area contributed by atoms with E-state index in [-0.39, 0.29) is 38.8 Å². The summed E-state index contributed by atoms with van der Waals surface area (Å²) in [7, 11) is 1.62. The van der Waals surface area contributed by atoms with E-state index < -0.39 is 17.6 Å². The zero-order valence-corrected chi connectivity index (χ0v) is 15.8. The predicted octanol–water partition coefficient (Wildman–Crippen LogP) is 1.29. The van der Waals surface area contributed by atoms with Crippen LogP contribution in [0.4, 0.5) is 14.5 Å². The predicted molar refractivity (Wildman–Crippen MR) is 97.5 cm³/mol. The van der Waals surface area contributed by atoms with Crippen molar-refractivity contribution in [1.29, 1.82) is 0 Å². The molecule has 1 aromatic heterocycles. The molecule has 0 bridgehead atoms. The number of morpholine rings is 1. The van der Waals surface area contributed by atoms with Crippen molar-refractivity contribution in [2.45, 2.75) is 11.7 Å². The summed E-state index contributed by atoms with van der Waals surface area (Å²) in [5.74, 6) is -1.81. The summed E-state index contributed by atoms with van der Waals surface area (Å²) < 4.78 is 41.1. The summed E-state index contributed by atoms with van der Waals surface area (Å²) in [6.45, 7) is -0.113. The molecule has 2 aromatic rings. The molecule has 0 N–H and O–H groups in total. The number of hydrogen-bond donors (Lipinski definition) is 0. The number of ether oxygens (including phenoxy) is 2. The minimum absolute atomic E-state index is 0.150. The molecule has 2 saturated heterocycles. The van der Waals surface area contributed by atoms with Crippen molar-refractivity contribution in [1.82, 2.24) is 14.7 Å². The van der Waals surface area contributed by atoms with Gasteiger partial charge in [0.2, 0.25) is 0 Å². The Morgan fingerprint density at radius 3 is 2.62 bits per heavy atom. The molecule has 29 heavy (non-hydrogen) atoms. The van der Waals surface area contributed by atoms with Gasteiger partial charge >= 0.3 is 12.0 Å². The highest BCUT2D eigenvalue weighted by molar-refractivity contribution is 5.98. The van der Waals surface area contributed by atoms with Gasteiger partial charge in [-0.1, -0.05) is 18.2 Å². The van der Waals surface area contributed by atoms with Crippen LogP contribution in [0.15, 0.2) is 42.6 Å². The van der Waals surface area contributed by atoms with Crippen molar-refractivity contribution in [2.75, 3.05) is 37.7 Å². The Kier molecular flexibility index (Phi) is 4.83. The molecule has 2 fully saturated rings. The maximum absolute atomic E-state index is 14.6. The first-order valence-electron chi connectivity index (χ1n) is 9.11. The first kappa shape index (κ1) is 19.5. The van der Waals surface area contributed by atoms with Gasteiger partial charge in [0.25, 0.3) is 5.91 Å². The summed E-state index contributed by atoms with van der Waals surface area (Å²) in [6, 6.07) is 9.74. The molecule has 2 aliphatic heterocycles. The molecule has 2 aliphatic rings. The molecule has 0 saturated carbocycles. The van der Waals surface area contributed by atoms with Crippen molar-refractivity contribution >= 4 is 17.5 Å². The minimum atomic E-state index is -4.04. The number of carbonyl (C=O) groups is 2. The number of hydrogen-bond acceptors (Lipinski definition) is 5. The first-order valence-corrected chi connectivity index (χ1v) is 9.11. The highest BCUT2D eigenvalue weighted by Gasteiger charge is 2.58. The number of nitrogens with zero attached hydrogens (tertiary/aromatic N) is 4. The van der Waals surface area contributed by atoms with Crippen LogP contribution < -0.4 is 4.90 Å². The highest BCUT2D eigenvalue weighted by Crippen LogP contribution is 2.36. The lowest BCUT2D eigenvalue weighted by Gasteiger charge is -2.45. The van der Waals surface area contributed by atoms with Crippen molar-refractivity contribution in [2.24, 2.45) is 7.05 Å². The maximum atomic E-state index is 14.6. The molecule has 10 heteroatoms. The van der Waals surface area contributed by atoms with E-state index in [9.17, 15) is 18.4 Å². The van der Waals surface area contributed by atoms with Gasteiger partial charge < -0.3 is 14.5 Å². The van der Waals surface area contributed by atoms with Crippen LogP contribution in [0.2, 0.25) is 0 Å². The van der Waals surface area contributed by atoms with Crippen LogP contribution >= 0.6 is 0 Å². The number of carbonyl (C=O) groups excluding carboxylic acids is 2. The summed E-state index contributed by atoms with van der Waals surface area (Å²) in [4.78, 5) is 27.6. The van der Waals surface area contributed by atoms with E-state index in [0.29, 0.717) is 11.4 Å². The van der Waals surface area contributed by atoms with E-state index in [1.54, 1.807) is 43.4 Å².